The molecule has 0 aliphatic rings. The van der Waals surface area contributed by atoms with Crippen molar-refractivity contribution in [1.82, 2.24) is 9.78 Å². The molecule has 1 aromatic heterocycles. The summed E-state index contributed by atoms with van der Waals surface area (Å²) in [4.78, 5) is 0. The minimum absolute atomic E-state index is 0.268. The molecule has 0 radical (unpaired) electrons. The fourth-order valence-corrected chi connectivity index (χ4v) is 2.47. The molecular formula is C16H13BrFN3. The third kappa shape index (κ3) is 2.69. The molecule has 0 saturated carbocycles. The van der Waals surface area contributed by atoms with Gasteiger partial charge in [-0.15, -0.1) is 0 Å². The highest BCUT2D eigenvalue weighted by Crippen LogP contribution is 2.25. The average molecular weight is 346 g/mol. The largest absolute Gasteiger partial charge is 0.384 e. The average Bonchev–Trinajstić information content (AvgIpc) is 2.81. The van der Waals surface area contributed by atoms with E-state index in [0.717, 1.165) is 27.0 Å². The molecule has 5 heteroatoms. The van der Waals surface area contributed by atoms with Gasteiger partial charge in [0.25, 0.3) is 0 Å². The molecule has 0 aliphatic heterocycles. The smallest absolute Gasteiger partial charge is 0.127 e. The highest BCUT2D eigenvalue weighted by Gasteiger charge is 2.11. The predicted molar refractivity (Wildman–Crippen MR) is 85.8 cm³/mol. The van der Waals surface area contributed by atoms with E-state index in [1.165, 1.54) is 12.1 Å². The first-order chi connectivity index (χ1) is 10.0. The number of nitrogens with zero attached hydrogens (tertiary/aromatic N) is 2. The molecular weight excluding hydrogens is 333 g/mol. The van der Waals surface area contributed by atoms with Crippen LogP contribution in [0.5, 0.6) is 0 Å². The summed E-state index contributed by atoms with van der Waals surface area (Å²) in [6.45, 7) is 1.83. The molecule has 2 aromatic carbocycles. The van der Waals surface area contributed by atoms with Crippen molar-refractivity contribution >= 4 is 21.7 Å². The maximum atomic E-state index is 13.2. The monoisotopic (exact) mass is 345 g/mol. The Balaban J connectivity index is 2.07. The molecule has 106 valence electrons. The van der Waals surface area contributed by atoms with E-state index in [4.69, 9.17) is 5.73 Å². The molecule has 3 rings (SSSR count). The van der Waals surface area contributed by atoms with Gasteiger partial charge in [0, 0.05) is 16.1 Å². The van der Waals surface area contributed by atoms with E-state index in [-0.39, 0.29) is 5.82 Å². The van der Waals surface area contributed by atoms with Crippen LogP contribution in [0, 0.1) is 12.7 Å². The van der Waals surface area contributed by atoms with Crippen LogP contribution in [0.3, 0.4) is 0 Å². The number of hydrogen-bond donors (Lipinski definition) is 1. The molecule has 0 aliphatic carbocycles. The number of halogens is 2. The summed E-state index contributed by atoms with van der Waals surface area (Å²) in [6, 6.07) is 14.2. The lowest BCUT2D eigenvalue weighted by Crippen LogP contribution is -2.03. The van der Waals surface area contributed by atoms with E-state index in [1.807, 2.05) is 37.3 Å². The van der Waals surface area contributed by atoms with Gasteiger partial charge >= 0.3 is 0 Å². The molecule has 0 amide bonds. The Morgan fingerprint density at radius 1 is 1.10 bits per heavy atom. The third-order valence-electron chi connectivity index (χ3n) is 3.26. The molecule has 21 heavy (non-hydrogen) atoms. The van der Waals surface area contributed by atoms with Crippen LogP contribution in [-0.2, 0) is 0 Å². The van der Waals surface area contributed by atoms with Crippen LogP contribution in [0.2, 0.25) is 0 Å². The van der Waals surface area contributed by atoms with Crippen LogP contribution in [0.4, 0.5) is 10.2 Å². The number of anilines is 1. The van der Waals surface area contributed by atoms with Crippen molar-refractivity contribution in [3.63, 3.8) is 0 Å². The Kier molecular flexibility index (Phi) is 3.51. The Labute approximate surface area is 130 Å². The number of aryl methyl sites for hydroxylation is 1. The SMILES string of the molecule is Cc1cc(F)ccc1-n1nc(-c2ccc(Br)cc2)cc1N. The van der Waals surface area contributed by atoms with Crippen molar-refractivity contribution in [2.45, 2.75) is 6.92 Å². The molecule has 3 nitrogen and oxygen atoms in total. The standard InChI is InChI=1S/C16H13BrFN3/c1-10-8-13(18)6-7-15(10)21-16(19)9-14(20-21)11-2-4-12(17)5-3-11/h2-9H,19H2,1H3. The highest BCUT2D eigenvalue weighted by atomic mass is 79.9. The lowest BCUT2D eigenvalue weighted by Gasteiger charge is -2.07. The summed E-state index contributed by atoms with van der Waals surface area (Å²) in [5.41, 5.74) is 9.36. The Hall–Kier alpha value is -2.14. The molecule has 0 unspecified atom stereocenters. The van der Waals surface area contributed by atoms with Crippen LogP contribution >= 0.6 is 15.9 Å². The number of rotatable bonds is 2. The minimum Gasteiger partial charge on any atom is -0.384 e. The van der Waals surface area contributed by atoms with Crippen molar-refractivity contribution in [3.05, 3.63) is 64.4 Å². The van der Waals surface area contributed by atoms with Gasteiger partial charge in [-0.1, -0.05) is 28.1 Å². The van der Waals surface area contributed by atoms with E-state index < -0.39 is 0 Å². The topological polar surface area (TPSA) is 43.8 Å². The van der Waals surface area contributed by atoms with Crippen molar-refractivity contribution in [3.8, 4) is 16.9 Å². The molecule has 0 spiro atoms. The van der Waals surface area contributed by atoms with Crippen molar-refractivity contribution in [2.75, 3.05) is 5.73 Å². The zero-order valence-corrected chi connectivity index (χ0v) is 12.9. The molecule has 0 fully saturated rings. The zero-order chi connectivity index (χ0) is 15.0. The summed E-state index contributed by atoms with van der Waals surface area (Å²) in [7, 11) is 0. The summed E-state index contributed by atoms with van der Waals surface area (Å²) >= 11 is 3.40. The fourth-order valence-electron chi connectivity index (χ4n) is 2.21. The second-order valence-electron chi connectivity index (χ2n) is 4.80. The van der Waals surface area contributed by atoms with Gasteiger partial charge in [-0.3, -0.25) is 0 Å². The van der Waals surface area contributed by atoms with E-state index in [2.05, 4.69) is 21.0 Å². The first-order valence-electron chi connectivity index (χ1n) is 6.42. The quantitative estimate of drug-likeness (QED) is 0.751. The molecule has 1 heterocycles. The van der Waals surface area contributed by atoms with Crippen molar-refractivity contribution in [2.24, 2.45) is 0 Å². The number of aromatic nitrogens is 2. The number of hydrogen-bond acceptors (Lipinski definition) is 2. The zero-order valence-electron chi connectivity index (χ0n) is 11.3. The van der Waals surface area contributed by atoms with Crippen LogP contribution in [0.15, 0.2) is 53.0 Å². The van der Waals surface area contributed by atoms with Crippen LogP contribution < -0.4 is 5.73 Å². The van der Waals surface area contributed by atoms with Crippen LogP contribution in [-0.4, -0.2) is 9.78 Å². The van der Waals surface area contributed by atoms with E-state index in [9.17, 15) is 4.39 Å². The van der Waals surface area contributed by atoms with Crippen LogP contribution in [0.25, 0.3) is 16.9 Å². The second kappa shape index (κ2) is 5.33. The molecule has 2 N–H and O–H groups in total. The number of nitrogens with two attached hydrogens (primary N) is 1. The Morgan fingerprint density at radius 3 is 2.48 bits per heavy atom. The summed E-state index contributed by atoms with van der Waals surface area (Å²) in [5, 5.41) is 4.52. The first kappa shape index (κ1) is 13.8. The van der Waals surface area contributed by atoms with Gasteiger partial charge in [0.1, 0.15) is 11.6 Å². The van der Waals surface area contributed by atoms with E-state index in [1.54, 1.807) is 10.7 Å². The van der Waals surface area contributed by atoms with Gasteiger partial charge in [-0.05, 0) is 42.8 Å². The lowest BCUT2D eigenvalue weighted by molar-refractivity contribution is 0.625. The van der Waals surface area contributed by atoms with Crippen molar-refractivity contribution in [1.29, 1.82) is 0 Å². The molecule has 0 saturated heterocycles. The van der Waals surface area contributed by atoms with Gasteiger partial charge in [-0.2, -0.15) is 5.10 Å². The van der Waals surface area contributed by atoms with Gasteiger partial charge in [0.15, 0.2) is 0 Å². The second-order valence-corrected chi connectivity index (χ2v) is 5.72. The fraction of sp³-hybridized carbons (Fsp3) is 0.0625. The maximum absolute atomic E-state index is 13.2. The van der Waals surface area contributed by atoms with E-state index in [0.29, 0.717) is 5.82 Å². The summed E-state index contributed by atoms with van der Waals surface area (Å²) < 4.78 is 15.8. The lowest BCUT2D eigenvalue weighted by atomic mass is 10.2. The van der Waals surface area contributed by atoms with Crippen LogP contribution in [0.1, 0.15) is 5.56 Å². The minimum atomic E-state index is -0.268. The highest BCUT2D eigenvalue weighted by molar-refractivity contribution is 9.10. The number of nitrogen functional groups attached to an aromatic ring is 1. The molecule has 3 aromatic rings. The summed E-state index contributed by atoms with van der Waals surface area (Å²) in [5.74, 6) is 0.248. The molecule has 0 atom stereocenters. The van der Waals surface area contributed by atoms with Crippen molar-refractivity contribution < 1.29 is 4.39 Å². The maximum Gasteiger partial charge on any atom is 0.127 e. The summed E-state index contributed by atoms with van der Waals surface area (Å²) in [6.07, 6.45) is 0. The molecule has 0 bridgehead atoms. The number of benzene rings is 2. The Morgan fingerprint density at radius 2 is 1.81 bits per heavy atom. The van der Waals surface area contributed by atoms with E-state index >= 15 is 0 Å². The van der Waals surface area contributed by atoms with Gasteiger partial charge in [-0.25, -0.2) is 9.07 Å². The van der Waals surface area contributed by atoms with Gasteiger partial charge < -0.3 is 5.73 Å². The normalized spacial score (nSPS) is 10.8. The van der Waals surface area contributed by atoms with Gasteiger partial charge in [0.05, 0.1) is 11.4 Å². The first-order valence-corrected chi connectivity index (χ1v) is 7.22. The third-order valence-corrected chi connectivity index (χ3v) is 3.79. The predicted octanol–water partition coefficient (Wildman–Crippen LogP) is 4.33. The van der Waals surface area contributed by atoms with Gasteiger partial charge in [0.2, 0.25) is 0 Å². The Bertz CT molecular complexity index is 794.